The maximum atomic E-state index is 14.0. The summed E-state index contributed by atoms with van der Waals surface area (Å²) in [5.74, 6) is -2.28. The molecule has 150 valence electrons. The Balaban J connectivity index is 1.89. The summed E-state index contributed by atoms with van der Waals surface area (Å²) >= 11 is 5.76. The van der Waals surface area contributed by atoms with Crippen LogP contribution in [0.25, 0.3) is 0 Å². The fourth-order valence-corrected chi connectivity index (χ4v) is 2.63. The van der Waals surface area contributed by atoms with Crippen molar-refractivity contribution in [3.63, 3.8) is 0 Å². The molecule has 0 aliphatic carbocycles. The van der Waals surface area contributed by atoms with Crippen LogP contribution < -0.4 is 4.90 Å². The highest BCUT2D eigenvalue weighted by molar-refractivity contribution is 6.30. The van der Waals surface area contributed by atoms with E-state index < -0.39 is 24.3 Å². The standard InChI is InChI=1S/C21H18ClFN2O4/c22-16-8-6-15(7-9-16)19(26)10-11-21(28)29-14-20(27)25(13-3-12-24)18-5-2-1-4-17(18)23/h1-2,4-9H,3,10-11,13-14H2. The van der Waals surface area contributed by atoms with Crippen molar-refractivity contribution in [1.82, 2.24) is 0 Å². The minimum atomic E-state index is -0.727. The van der Waals surface area contributed by atoms with Crippen LogP contribution in [0, 0.1) is 17.1 Å². The number of ether oxygens (including phenoxy) is 1. The first-order chi connectivity index (χ1) is 13.9. The first-order valence-corrected chi connectivity index (χ1v) is 9.16. The molecule has 8 heteroatoms. The quantitative estimate of drug-likeness (QED) is 0.456. The van der Waals surface area contributed by atoms with Gasteiger partial charge in [-0.3, -0.25) is 14.4 Å². The van der Waals surface area contributed by atoms with Gasteiger partial charge in [-0.15, -0.1) is 0 Å². The van der Waals surface area contributed by atoms with E-state index in [2.05, 4.69) is 0 Å². The molecule has 29 heavy (non-hydrogen) atoms. The number of rotatable bonds is 9. The van der Waals surface area contributed by atoms with Crippen molar-refractivity contribution in [3.05, 3.63) is 64.9 Å². The lowest BCUT2D eigenvalue weighted by molar-refractivity contribution is -0.147. The van der Waals surface area contributed by atoms with Crippen molar-refractivity contribution in [2.24, 2.45) is 0 Å². The number of hydrogen-bond acceptors (Lipinski definition) is 5. The predicted octanol–water partition coefficient (Wildman–Crippen LogP) is 3.93. The molecule has 0 heterocycles. The van der Waals surface area contributed by atoms with Crippen LogP contribution in [0.15, 0.2) is 48.5 Å². The average Bonchev–Trinajstić information content (AvgIpc) is 2.72. The summed E-state index contributed by atoms with van der Waals surface area (Å²) in [5, 5.41) is 9.25. The highest BCUT2D eigenvalue weighted by Gasteiger charge is 2.20. The van der Waals surface area contributed by atoms with Crippen LogP contribution in [0.2, 0.25) is 5.02 Å². The van der Waals surface area contributed by atoms with Crippen LogP contribution in [0.3, 0.4) is 0 Å². The van der Waals surface area contributed by atoms with E-state index >= 15 is 0 Å². The van der Waals surface area contributed by atoms with Gasteiger partial charge in [0.15, 0.2) is 12.4 Å². The first kappa shape index (κ1) is 22.1. The van der Waals surface area contributed by atoms with Crippen molar-refractivity contribution in [2.45, 2.75) is 19.3 Å². The number of halogens is 2. The summed E-state index contributed by atoms with van der Waals surface area (Å²) < 4.78 is 18.9. The van der Waals surface area contributed by atoms with Crippen molar-refractivity contribution in [1.29, 1.82) is 5.26 Å². The number of hydrogen-bond donors (Lipinski definition) is 0. The Bertz CT molecular complexity index is 925. The van der Waals surface area contributed by atoms with E-state index in [0.717, 1.165) is 4.90 Å². The van der Waals surface area contributed by atoms with Crippen LogP contribution in [-0.2, 0) is 14.3 Å². The molecule has 6 nitrogen and oxygen atoms in total. The molecule has 0 fully saturated rings. The number of carbonyl (C=O) groups is 3. The third-order valence-electron chi connectivity index (χ3n) is 3.97. The van der Waals surface area contributed by atoms with Gasteiger partial charge in [0, 0.05) is 23.6 Å². The smallest absolute Gasteiger partial charge is 0.306 e. The molecule has 0 aliphatic heterocycles. The highest BCUT2D eigenvalue weighted by Crippen LogP contribution is 2.19. The SMILES string of the molecule is N#CCCN(C(=O)COC(=O)CCC(=O)c1ccc(Cl)cc1)c1ccccc1F. The number of benzene rings is 2. The Labute approximate surface area is 172 Å². The maximum absolute atomic E-state index is 14.0. The molecule has 0 radical (unpaired) electrons. The number of para-hydroxylation sites is 1. The van der Waals surface area contributed by atoms with Gasteiger partial charge in [-0.25, -0.2) is 4.39 Å². The Morgan fingerprint density at radius 3 is 2.41 bits per heavy atom. The van der Waals surface area contributed by atoms with E-state index in [9.17, 15) is 18.8 Å². The molecule has 0 aromatic heterocycles. The lowest BCUT2D eigenvalue weighted by atomic mass is 10.1. The van der Waals surface area contributed by atoms with Gasteiger partial charge in [-0.05, 0) is 36.4 Å². The number of ketones is 1. The maximum Gasteiger partial charge on any atom is 0.306 e. The molecule has 0 saturated carbocycles. The van der Waals surface area contributed by atoms with E-state index in [1.165, 1.54) is 18.2 Å². The summed E-state index contributed by atoms with van der Waals surface area (Å²) in [6.07, 6.45) is -0.295. The fraction of sp³-hybridized carbons (Fsp3) is 0.238. The molecule has 2 rings (SSSR count). The van der Waals surface area contributed by atoms with Gasteiger partial charge in [0.05, 0.1) is 24.6 Å². The van der Waals surface area contributed by atoms with E-state index in [1.54, 1.807) is 30.3 Å². The molecule has 0 unspecified atom stereocenters. The van der Waals surface area contributed by atoms with Crippen LogP contribution in [-0.4, -0.2) is 30.8 Å². The number of nitrogens with zero attached hydrogens (tertiary/aromatic N) is 2. The van der Waals surface area contributed by atoms with Crippen molar-refractivity contribution >= 4 is 34.9 Å². The van der Waals surface area contributed by atoms with Crippen molar-refractivity contribution in [3.8, 4) is 6.07 Å². The zero-order chi connectivity index (χ0) is 21.2. The number of esters is 1. The average molecular weight is 417 g/mol. The second-order valence-corrected chi connectivity index (χ2v) is 6.43. The molecule has 0 spiro atoms. The van der Waals surface area contributed by atoms with E-state index in [0.29, 0.717) is 10.6 Å². The summed E-state index contributed by atoms with van der Waals surface area (Å²) in [6.45, 7) is -0.656. The molecule has 2 aromatic rings. The topological polar surface area (TPSA) is 87.5 Å². The molecule has 0 N–H and O–H groups in total. The zero-order valence-electron chi connectivity index (χ0n) is 15.4. The predicted molar refractivity (Wildman–Crippen MR) is 105 cm³/mol. The van der Waals surface area contributed by atoms with Gasteiger partial charge < -0.3 is 9.64 Å². The Morgan fingerprint density at radius 1 is 1.07 bits per heavy atom. The van der Waals surface area contributed by atoms with Gasteiger partial charge in [-0.1, -0.05) is 23.7 Å². The summed E-state index contributed by atoms with van der Waals surface area (Å²) in [4.78, 5) is 37.4. The zero-order valence-corrected chi connectivity index (χ0v) is 16.2. The van der Waals surface area contributed by atoms with Crippen molar-refractivity contribution < 1.29 is 23.5 Å². The summed E-state index contributed by atoms with van der Waals surface area (Å²) in [5.41, 5.74) is 0.419. The van der Waals surface area contributed by atoms with E-state index in [4.69, 9.17) is 21.6 Å². The Morgan fingerprint density at radius 2 is 1.76 bits per heavy atom. The van der Waals surface area contributed by atoms with Gasteiger partial charge in [0.1, 0.15) is 5.82 Å². The van der Waals surface area contributed by atoms with Gasteiger partial charge in [0.25, 0.3) is 5.91 Å². The number of Topliss-reactive ketones (excluding diaryl/α,β-unsaturated/α-hetero) is 1. The molecule has 0 aliphatic rings. The second kappa shape index (κ2) is 10.9. The first-order valence-electron chi connectivity index (χ1n) is 8.78. The van der Waals surface area contributed by atoms with Gasteiger partial charge in [-0.2, -0.15) is 5.26 Å². The number of anilines is 1. The van der Waals surface area contributed by atoms with Crippen LogP contribution in [0.5, 0.6) is 0 Å². The van der Waals surface area contributed by atoms with Crippen molar-refractivity contribution in [2.75, 3.05) is 18.1 Å². The van der Waals surface area contributed by atoms with Crippen LogP contribution in [0.4, 0.5) is 10.1 Å². The second-order valence-electron chi connectivity index (χ2n) is 6.00. The summed E-state index contributed by atoms with van der Waals surface area (Å²) in [6, 6.07) is 13.8. The summed E-state index contributed by atoms with van der Waals surface area (Å²) in [7, 11) is 0. The Kier molecular flexibility index (Phi) is 8.31. The monoisotopic (exact) mass is 416 g/mol. The molecule has 2 aromatic carbocycles. The fourth-order valence-electron chi connectivity index (χ4n) is 2.50. The molecule has 0 saturated heterocycles. The number of nitriles is 1. The third-order valence-corrected chi connectivity index (χ3v) is 4.22. The minimum absolute atomic E-state index is 0.00159. The van der Waals surface area contributed by atoms with Gasteiger partial charge in [0.2, 0.25) is 0 Å². The van der Waals surface area contributed by atoms with Crippen LogP contribution >= 0.6 is 11.6 Å². The number of carbonyl (C=O) groups excluding carboxylic acids is 3. The molecular formula is C21H18ClFN2O4. The molecule has 0 atom stereocenters. The Hall–Kier alpha value is -3.24. The normalized spacial score (nSPS) is 10.1. The number of amides is 1. The minimum Gasteiger partial charge on any atom is -0.456 e. The molecule has 1 amide bonds. The lowest BCUT2D eigenvalue weighted by Crippen LogP contribution is -2.36. The molecule has 0 bridgehead atoms. The third kappa shape index (κ3) is 6.70. The largest absolute Gasteiger partial charge is 0.456 e. The lowest BCUT2D eigenvalue weighted by Gasteiger charge is -2.22. The molecular weight excluding hydrogens is 399 g/mol. The van der Waals surface area contributed by atoms with Crippen LogP contribution in [0.1, 0.15) is 29.6 Å². The van der Waals surface area contributed by atoms with E-state index in [1.807, 2.05) is 6.07 Å². The van der Waals surface area contributed by atoms with Gasteiger partial charge >= 0.3 is 5.97 Å². The highest BCUT2D eigenvalue weighted by atomic mass is 35.5. The van der Waals surface area contributed by atoms with E-state index in [-0.39, 0.29) is 37.3 Å².